The summed E-state index contributed by atoms with van der Waals surface area (Å²) >= 11 is 0. The number of ether oxygens (including phenoxy) is 1. The van der Waals surface area contributed by atoms with Crippen molar-refractivity contribution in [2.75, 3.05) is 6.61 Å². The Kier molecular flexibility index (Phi) is 3.40. The second-order valence-electron chi connectivity index (χ2n) is 2.72. The lowest BCUT2D eigenvalue weighted by molar-refractivity contribution is 0.0526. The minimum Gasteiger partial charge on any atom is -0.462 e. The number of benzene rings is 1. The van der Waals surface area contributed by atoms with E-state index in [-0.39, 0.29) is 11.8 Å². The van der Waals surface area contributed by atoms with E-state index in [1.807, 2.05) is 0 Å². The third-order valence-corrected chi connectivity index (χ3v) is 1.72. The monoisotopic (exact) mass is 191 g/mol. The average molecular weight is 191 g/mol. The molecule has 0 aliphatic rings. The van der Waals surface area contributed by atoms with Crippen LogP contribution in [0.15, 0.2) is 24.3 Å². The first kappa shape index (κ1) is 10.4. The molecular formula is C11H11O3. The fourth-order valence-electron chi connectivity index (χ4n) is 1.01. The van der Waals surface area contributed by atoms with Crippen molar-refractivity contribution in [3.8, 4) is 0 Å². The summed E-state index contributed by atoms with van der Waals surface area (Å²) in [6.45, 7) is 5.35. The highest BCUT2D eigenvalue weighted by Crippen LogP contribution is 2.06. The van der Waals surface area contributed by atoms with Gasteiger partial charge in [0.25, 0.3) is 0 Å². The van der Waals surface area contributed by atoms with Gasteiger partial charge in [-0.1, -0.05) is 12.1 Å². The number of rotatable bonds is 3. The Balaban J connectivity index is 2.83. The van der Waals surface area contributed by atoms with Crippen LogP contribution in [0, 0.1) is 6.92 Å². The van der Waals surface area contributed by atoms with Crippen LogP contribution in [0.3, 0.4) is 0 Å². The Morgan fingerprint density at radius 3 is 2.14 bits per heavy atom. The van der Waals surface area contributed by atoms with Gasteiger partial charge in [0.05, 0.1) is 12.2 Å². The molecule has 1 rings (SSSR count). The Bertz CT molecular complexity index is 338. The van der Waals surface area contributed by atoms with E-state index in [2.05, 4.69) is 6.92 Å². The highest BCUT2D eigenvalue weighted by Gasteiger charge is 2.06. The summed E-state index contributed by atoms with van der Waals surface area (Å²) in [6.07, 6.45) is 0. The van der Waals surface area contributed by atoms with E-state index < -0.39 is 0 Å². The summed E-state index contributed by atoms with van der Waals surface area (Å²) < 4.78 is 4.79. The third kappa shape index (κ3) is 2.42. The Hall–Kier alpha value is -1.64. The second kappa shape index (κ2) is 4.56. The maximum Gasteiger partial charge on any atom is 0.338 e. The SMILES string of the molecule is [CH2]C(=O)c1ccc(C(=O)OCC)cc1. The smallest absolute Gasteiger partial charge is 0.338 e. The zero-order valence-corrected chi connectivity index (χ0v) is 7.95. The van der Waals surface area contributed by atoms with Gasteiger partial charge in [-0.3, -0.25) is 4.79 Å². The number of ketones is 1. The van der Waals surface area contributed by atoms with Gasteiger partial charge in [0.2, 0.25) is 0 Å². The van der Waals surface area contributed by atoms with Gasteiger partial charge in [0.1, 0.15) is 0 Å². The van der Waals surface area contributed by atoms with Crippen molar-refractivity contribution in [1.82, 2.24) is 0 Å². The van der Waals surface area contributed by atoms with Crippen LogP contribution in [0.1, 0.15) is 27.6 Å². The van der Waals surface area contributed by atoms with Crippen LogP contribution in [-0.4, -0.2) is 18.4 Å². The average Bonchev–Trinajstić information content (AvgIpc) is 2.18. The normalized spacial score (nSPS) is 9.57. The summed E-state index contributed by atoms with van der Waals surface area (Å²) in [5.74, 6) is -0.643. The topological polar surface area (TPSA) is 43.4 Å². The number of Topliss-reactive ketones (excluding diaryl/α,β-unsaturated/α-hetero) is 1. The van der Waals surface area contributed by atoms with Crippen molar-refractivity contribution in [3.05, 3.63) is 42.3 Å². The molecule has 3 heteroatoms. The van der Waals surface area contributed by atoms with Crippen LogP contribution < -0.4 is 0 Å². The van der Waals surface area contributed by atoms with E-state index >= 15 is 0 Å². The molecule has 73 valence electrons. The van der Waals surface area contributed by atoms with E-state index in [1.54, 1.807) is 31.2 Å². The van der Waals surface area contributed by atoms with Gasteiger partial charge >= 0.3 is 5.97 Å². The van der Waals surface area contributed by atoms with Crippen LogP contribution in [0.5, 0.6) is 0 Å². The molecule has 0 amide bonds. The maximum atomic E-state index is 11.2. The lowest BCUT2D eigenvalue weighted by Crippen LogP contribution is -2.04. The highest BCUT2D eigenvalue weighted by atomic mass is 16.5. The van der Waals surface area contributed by atoms with Gasteiger partial charge < -0.3 is 4.74 Å². The molecule has 1 radical (unpaired) electrons. The molecule has 0 aliphatic heterocycles. The second-order valence-corrected chi connectivity index (χ2v) is 2.72. The van der Waals surface area contributed by atoms with Crippen LogP contribution >= 0.6 is 0 Å². The van der Waals surface area contributed by atoms with Crippen molar-refractivity contribution in [2.45, 2.75) is 6.92 Å². The minimum atomic E-state index is -0.379. The number of carbonyl (C=O) groups is 2. The molecule has 3 nitrogen and oxygen atoms in total. The van der Waals surface area contributed by atoms with E-state index in [0.717, 1.165) is 0 Å². The molecule has 14 heavy (non-hydrogen) atoms. The van der Waals surface area contributed by atoms with Gasteiger partial charge in [-0.2, -0.15) is 0 Å². The van der Waals surface area contributed by atoms with Gasteiger partial charge in [-0.05, 0) is 19.1 Å². The quantitative estimate of drug-likeness (QED) is 0.541. The molecule has 0 unspecified atom stereocenters. The predicted octanol–water partition coefficient (Wildman–Crippen LogP) is 1.88. The summed E-state index contributed by atoms with van der Waals surface area (Å²) in [4.78, 5) is 22.0. The zero-order valence-electron chi connectivity index (χ0n) is 7.95. The number of esters is 1. The third-order valence-electron chi connectivity index (χ3n) is 1.72. The maximum absolute atomic E-state index is 11.2. The zero-order chi connectivity index (χ0) is 10.6. The molecule has 0 atom stereocenters. The molecule has 0 spiro atoms. The molecule has 0 aromatic heterocycles. The summed E-state index contributed by atoms with van der Waals surface area (Å²) in [5, 5.41) is 0. The van der Waals surface area contributed by atoms with Crippen LogP contribution in [-0.2, 0) is 4.74 Å². The van der Waals surface area contributed by atoms with Gasteiger partial charge in [0.15, 0.2) is 5.78 Å². The number of hydrogen-bond donors (Lipinski definition) is 0. The molecule has 0 saturated heterocycles. The van der Waals surface area contributed by atoms with Crippen molar-refractivity contribution >= 4 is 11.8 Å². The summed E-state index contributed by atoms with van der Waals surface area (Å²) in [5.41, 5.74) is 0.926. The predicted molar refractivity (Wildman–Crippen MR) is 52.1 cm³/mol. The van der Waals surface area contributed by atoms with E-state index in [0.29, 0.717) is 17.7 Å². The Morgan fingerprint density at radius 1 is 1.21 bits per heavy atom. The molecule has 0 bridgehead atoms. The molecular weight excluding hydrogens is 180 g/mol. The first-order valence-electron chi connectivity index (χ1n) is 4.28. The fraction of sp³-hybridized carbons (Fsp3) is 0.182. The van der Waals surface area contributed by atoms with E-state index in [1.165, 1.54) is 0 Å². The first-order valence-corrected chi connectivity index (χ1v) is 4.28. The molecule has 0 aliphatic carbocycles. The van der Waals surface area contributed by atoms with Gasteiger partial charge in [-0.15, -0.1) is 0 Å². The largest absolute Gasteiger partial charge is 0.462 e. The van der Waals surface area contributed by atoms with Gasteiger partial charge in [-0.25, -0.2) is 4.79 Å². The molecule has 0 N–H and O–H groups in total. The van der Waals surface area contributed by atoms with E-state index in [4.69, 9.17) is 4.74 Å². The molecule has 0 heterocycles. The van der Waals surface area contributed by atoms with Crippen LogP contribution in [0.2, 0.25) is 0 Å². The minimum absolute atomic E-state index is 0.264. The first-order chi connectivity index (χ1) is 6.65. The number of hydrogen-bond acceptors (Lipinski definition) is 3. The van der Waals surface area contributed by atoms with Crippen molar-refractivity contribution < 1.29 is 14.3 Å². The van der Waals surface area contributed by atoms with Crippen molar-refractivity contribution in [3.63, 3.8) is 0 Å². The fourth-order valence-corrected chi connectivity index (χ4v) is 1.01. The Labute approximate surface area is 82.7 Å². The van der Waals surface area contributed by atoms with Crippen molar-refractivity contribution in [1.29, 1.82) is 0 Å². The molecule has 1 aromatic rings. The Morgan fingerprint density at radius 2 is 1.71 bits per heavy atom. The van der Waals surface area contributed by atoms with Crippen molar-refractivity contribution in [2.24, 2.45) is 0 Å². The standard InChI is InChI=1S/C11H11O3/c1-3-14-11(13)10-6-4-9(5-7-10)8(2)12/h4-7H,2-3H2,1H3. The molecule has 0 saturated carbocycles. The van der Waals surface area contributed by atoms with E-state index in [9.17, 15) is 9.59 Å². The van der Waals surface area contributed by atoms with Gasteiger partial charge in [0, 0.05) is 12.5 Å². The lowest BCUT2D eigenvalue weighted by atomic mass is 10.1. The molecule has 0 fully saturated rings. The van der Waals surface area contributed by atoms with Crippen LogP contribution in [0.4, 0.5) is 0 Å². The summed E-state index contributed by atoms with van der Waals surface area (Å²) in [7, 11) is 0. The highest BCUT2D eigenvalue weighted by molar-refractivity contribution is 6.00. The summed E-state index contributed by atoms with van der Waals surface area (Å²) in [6, 6.07) is 6.22. The lowest BCUT2D eigenvalue weighted by Gasteiger charge is -2.01. The van der Waals surface area contributed by atoms with Crippen LogP contribution in [0.25, 0.3) is 0 Å². The molecule has 1 aromatic carbocycles. The number of carbonyl (C=O) groups excluding carboxylic acids is 2.